The number of nitrogens with one attached hydrogen (secondary N) is 2. The van der Waals surface area contributed by atoms with E-state index in [2.05, 4.69) is 20.6 Å². The standard InChI is InChI=1S/C23H27FN4O3/c1-4-25-22(28-15-23(3,29)20-11-5-16(2)30-20)27-14-17-6-12-21(26-13-17)31-19-9-7-18(24)8-10-19/h5-13,29H,4,14-15H2,1-3H3,(H2,25,27,28). The van der Waals surface area contributed by atoms with Crippen LogP contribution in [0, 0.1) is 12.7 Å². The van der Waals surface area contributed by atoms with Crippen molar-refractivity contribution >= 4 is 5.96 Å². The van der Waals surface area contributed by atoms with Gasteiger partial charge in [-0.2, -0.15) is 0 Å². The quantitative estimate of drug-likeness (QED) is 0.374. The fraction of sp³-hybridized carbons (Fsp3) is 0.304. The predicted octanol–water partition coefficient (Wildman–Crippen LogP) is 3.88. The van der Waals surface area contributed by atoms with Gasteiger partial charge in [-0.05, 0) is 62.7 Å². The molecule has 31 heavy (non-hydrogen) atoms. The van der Waals surface area contributed by atoms with E-state index in [1.165, 1.54) is 12.1 Å². The average molecular weight is 426 g/mol. The SMILES string of the molecule is CCNC(=NCc1ccc(Oc2ccc(F)cc2)nc1)NCC(C)(O)c1ccc(C)o1. The van der Waals surface area contributed by atoms with E-state index in [9.17, 15) is 9.50 Å². The summed E-state index contributed by atoms with van der Waals surface area (Å²) in [4.78, 5) is 8.81. The number of nitrogens with zero attached hydrogens (tertiary/aromatic N) is 2. The van der Waals surface area contributed by atoms with Crippen LogP contribution in [0.1, 0.15) is 30.9 Å². The Morgan fingerprint density at radius 1 is 1.16 bits per heavy atom. The molecule has 2 aromatic heterocycles. The van der Waals surface area contributed by atoms with Crippen LogP contribution in [0.15, 0.2) is 64.1 Å². The van der Waals surface area contributed by atoms with Gasteiger partial charge in [0.15, 0.2) is 5.96 Å². The second kappa shape index (κ2) is 10.1. The summed E-state index contributed by atoms with van der Waals surface area (Å²) >= 11 is 0. The maximum atomic E-state index is 13.0. The molecule has 2 heterocycles. The third-order valence-electron chi connectivity index (χ3n) is 4.47. The molecule has 0 radical (unpaired) electrons. The molecule has 8 heteroatoms. The fourth-order valence-corrected chi connectivity index (χ4v) is 2.77. The van der Waals surface area contributed by atoms with Crippen molar-refractivity contribution in [3.05, 3.63) is 77.6 Å². The van der Waals surface area contributed by atoms with Gasteiger partial charge in [0.1, 0.15) is 28.7 Å². The van der Waals surface area contributed by atoms with Crippen LogP contribution in [0.2, 0.25) is 0 Å². The zero-order valence-electron chi connectivity index (χ0n) is 17.9. The molecule has 3 aromatic rings. The Bertz CT molecular complexity index is 998. The van der Waals surface area contributed by atoms with Crippen LogP contribution in [-0.2, 0) is 12.1 Å². The molecule has 1 aromatic carbocycles. The van der Waals surface area contributed by atoms with Gasteiger partial charge in [-0.15, -0.1) is 0 Å². The van der Waals surface area contributed by atoms with Gasteiger partial charge in [-0.25, -0.2) is 14.4 Å². The number of aliphatic imine (C=N–C) groups is 1. The third kappa shape index (κ3) is 6.55. The molecule has 0 saturated heterocycles. The number of rotatable bonds is 8. The van der Waals surface area contributed by atoms with Crippen molar-refractivity contribution < 1.29 is 18.7 Å². The number of ether oxygens (including phenoxy) is 1. The van der Waals surface area contributed by atoms with Crippen molar-refractivity contribution in [1.82, 2.24) is 15.6 Å². The maximum Gasteiger partial charge on any atom is 0.219 e. The second-order valence-electron chi connectivity index (χ2n) is 7.29. The Morgan fingerprint density at radius 3 is 2.55 bits per heavy atom. The van der Waals surface area contributed by atoms with Crippen molar-refractivity contribution in [1.29, 1.82) is 0 Å². The van der Waals surface area contributed by atoms with Gasteiger partial charge in [0.05, 0.1) is 13.1 Å². The molecule has 7 nitrogen and oxygen atoms in total. The van der Waals surface area contributed by atoms with Gasteiger partial charge in [-0.3, -0.25) is 0 Å². The van der Waals surface area contributed by atoms with Crippen LogP contribution in [0.4, 0.5) is 4.39 Å². The van der Waals surface area contributed by atoms with Crippen LogP contribution >= 0.6 is 0 Å². The largest absolute Gasteiger partial charge is 0.463 e. The number of pyridine rings is 1. The lowest BCUT2D eigenvalue weighted by Gasteiger charge is -2.22. The monoisotopic (exact) mass is 426 g/mol. The summed E-state index contributed by atoms with van der Waals surface area (Å²) in [6.07, 6.45) is 1.67. The van der Waals surface area contributed by atoms with Crippen LogP contribution in [-0.4, -0.2) is 29.1 Å². The molecule has 0 aliphatic carbocycles. The van der Waals surface area contributed by atoms with Gasteiger partial charge in [0, 0.05) is 18.8 Å². The highest BCUT2D eigenvalue weighted by atomic mass is 19.1. The summed E-state index contributed by atoms with van der Waals surface area (Å²) in [7, 11) is 0. The number of aromatic nitrogens is 1. The van der Waals surface area contributed by atoms with Gasteiger partial charge >= 0.3 is 0 Å². The summed E-state index contributed by atoms with van der Waals surface area (Å²) in [5.41, 5.74) is -0.289. The van der Waals surface area contributed by atoms with Crippen LogP contribution in [0.3, 0.4) is 0 Å². The predicted molar refractivity (Wildman–Crippen MR) is 117 cm³/mol. The Balaban J connectivity index is 1.58. The summed E-state index contributed by atoms with van der Waals surface area (Å²) in [5.74, 6) is 2.41. The van der Waals surface area contributed by atoms with Crippen molar-refractivity contribution in [3.63, 3.8) is 0 Å². The average Bonchev–Trinajstić information content (AvgIpc) is 3.20. The number of halogens is 1. The van der Waals surface area contributed by atoms with E-state index >= 15 is 0 Å². The normalized spacial score (nSPS) is 13.5. The first kappa shape index (κ1) is 22.3. The minimum atomic E-state index is -1.18. The van der Waals surface area contributed by atoms with E-state index in [1.54, 1.807) is 37.4 Å². The van der Waals surface area contributed by atoms with Crippen molar-refractivity contribution in [2.75, 3.05) is 13.1 Å². The lowest BCUT2D eigenvalue weighted by Crippen LogP contribution is -2.44. The van der Waals surface area contributed by atoms with Crippen molar-refractivity contribution in [2.45, 2.75) is 32.9 Å². The molecule has 3 rings (SSSR count). The zero-order chi connectivity index (χ0) is 22.3. The molecule has 0 aliphatic heterocycles. The van der Waals surface area contributed by atoms with Gasteiger partial charge in [-0.1, -0.05) is 6.07 Å². The lowest BCUT2D eigenvalue weighted by molar-refractivity contribution is 0.0378. The Morgan fingerprint density at radius 2 is 1.94 bits per heavy atom. The van der Waals surface area contributed by atoms with E-state index in [1.807, 2.05) is 26.0 Å². The zero-order valence-corrected chi connectivity index (χ0v) is 17.9. The molecule has 164 valence electrons. The molecule has 0 bridgehead atoms. The summed E-state index contributed by atoms with van der Waals surface area (Å²) in [5, 5.41) is 17.0. The molecule has 0 aliphatic rings. The van der Waals surface area contributed by atoms with Crippen molar-refractivity contribution in [2.24, 2.45) is 4.99 Å². The number of furan rings is 1. The molecule has 0 spiro atoms. The molecule has 1 unspecified atom stereocenters. The number of aliphatic hydroxyl groups is 1. The number of hydrogen-bond donors (Lipinski definition) is 3. The van der Waals surface area contributed by atoms with Crippen LogP contribution in [0.5, 0.6) is 11.6 Å². The van der Waals surface area contributed by atoms with E-state index in [0.29, 0.717) is 36.4 Å². The minimum absolute atomic E-state index is 0.231. The summed E-state index contributed by atoms with van der Waals surface area (Å²) in [6, 6.07) is 12.9. The Kier molecular flexibility index (Phi) is 7.25. The first-order chi connectivity index (χ1) is 14.9. The lowest BCUT2D eigenvalue weighted by atomic mass is 10.0. The summed E-state index contributed by atoms with van der Waals surface area (Å²) < 4.78 is 24.1. The molecule has 0 fully saturated rings. The summed E-state index contributed by atoms with van der Waals surface area (Å²) in [6.45, 7) is 6.79. The molecule has 3 N–H and O–H groups in total. The third-order valence-corrected chi connectivity index (χ3v) is 4.47. The van der Waals surface area contributed by atoms with Crippen LogP contribution in [0.25, 0.3) is 0 Å². The minimum Gasteiger partial charge on any atom is -0.463 e. The smallest absolute Gasteiger partial charge is 0.219 e. The van der Waals surface area contributed by atoms with Gasteiger partial charge < -0.3 is 24.9 Å². The topological polar surface area (TPSA) is 91.9 Å². The number of hydrogen-bond acceptors (Lipinski definition) is 5. The molecular formula is C23H27FN4O3. The van der Waals surface area contributed by atoms with Gasteiger partial charge in [0.2, 0.25) is 5.88 Å². The number of benzene rings is 1. The maximum absolute atomic E-state index is 13.0. The fourth-order valence-electron chi connectivity index (χ4n) is 2.77. The first-order valence-corrected chi connectivity index (χ1v) is 10.1. The first-order valence-electron chi connectivity index (χ1n) is 10.1. The Hall–Kier alpha value is -3.39. The second-order valence-corrected chi connectivity index (χ2v) is 7.29. The van der Waals surface area contributed by atoms with E-state index in [4.69, 9.17) is 9.15 Å². The van der Waals surface area contributed by atoms with E-state index in [0.717, 1.165) is 11.3 Å². The van der Waals surface area contributed by atoms with Crippen LogP contribution < -0.4 is 15.4 Å². The highest BCUT2D eigenvalue weighted by Crippen LogP contribution is 2.22. The van der Waals surface area contributed by atoms with Crippen molar-refractivity contribution in [3.8, 4) is 11.6 Å². The highest BCUT2D eigenvalue weighted by Gasteiger charge is 2.27. The Labute approximate surface area is 181 Å². The molecular weight excluding hydrogens is 399 g/mol. The van der Waals surface area contributed by atoms with E-state index in [-0.39, 0.29) is 12.4 Å². The molecule has 0 saturated carbocycles. The number of aryl methyl sites for hydroxylation is 1. The number of guanidine groups is 1. The molecule has 0 amide bonds. The van der Waals surface area contributed by atoms with E-state index < -0.39 is 5.60 Å². The highest BCUT2D eigenvalue weighted by molar-refractivity contribution is 5.79. The van der Waals surface area contributed by atoms with Gasteiger partial charge in [0.25, 0.3) is 0 Å². The molecule has 1 atom stereocenters.